The fourth-order valence-corrected chi connectivity index (χ4v) is 2.93. The molecule has 0 saturated heterocycles. The highest BCUT2D eigenvalue weighted by atomic mass is 16.5. The highest BCUT2D eigenvalue weighted by Crippen LogP contribution is 2.20. The Kier molecular flexibility index (Phi) is 7.34. The zero-order valence-electron chi connectivity index (χ0n) is 17.1. The molecule has 0 bridgehead atoms. The van der Waals surface area contributed by atoms with Crippen LogP contribution in [0, 0.1) is 6.92 Å². The number of benzene rings is 2. The van der Waals surface area contributed by atoms with Crippen LogP contribution in [0.25, 0.3) is 11.3 Å². The molecule has 0 radical (unpaired) electrons. The van der Waals surface area contributed by atoms with Crippen LogP contribution in [-0.4, -0.2) is 43.3 Å². The smallest absolute Gasteiger partial charge is 0.274 e. The number of nitrogens with zero attached hydrogens (tertiary/aromatic N) is 1. The number of hydrogen-bond donors (Lipinski definition) is 2. The van der Waals surface area contributed by atoms with Gasteiger partial charge >= 0.3 is 0 Å². The summed E-state index contributed by atoms with van der Waals surface area (Å²) in [7, 11) is 1.56. The van der Waals surface area contributed by atoms with Gasteiger partial charge in [-0.05, 0) is 12.5 Å². The van der Waals surface area contributed by atoms with Gasteiger partial charge in [-0.3, -0.25) is 9.59 Å². The van der Waals surface area contributed by atoms with Crippen LogP contribution in [0.2, 0.25) is 0 Å². The first-order chi connectivity index (χ1) is 14.6. The number of methoxy groups -OCH3 is 1. The van der Waals surface area contributed by atoms with Crippen LogP contribution in [0.5, 0.6) is 0 Å². The Labute approximate surface area is 175 Å². The lowest BCUT2D eigenvalue weighted by Crippen LogP contribution is -2.48. The van der Waals surface area contributed by atoms with Crippen molar-refractivity contribution in [1.29, 1.82) is 0 Å². The molecule has 0 aliphatic carbocycles. The number of carbonyl (C=O) groups is 2. The van der Waals surface area contributed by atoms with E-state index in [4.69, 9.17) is 9.26 Å². The number of aryl methyl sites for hydroxylation is 1. The van der Waals surface area contributed by atoms with E-state index in [1.165, 1.54) is 0 Å². The van der Waals surface area contributed by atoms with Gasteiger partial charge in [-0.2, -0.15) is 0 Å². The molecule has 0 fully saturated rings. The Hall–Kier alpha value is -3.45. The molecule has 7 heteroatoms. The van der Waals surface area contributed by atoms with Crippen molar-refractivity contribution < 1.29 is 18.8 Å². The number of aromatic nitrogens is 1. The Morgan fingerprint density at radius 2 is 1.83 bits per heavy atom. The van der Waals surface area contributed by atoms with Crippen molar-refractivity contribution in [3.8, 4) is 11.3 Å². The molecule has 0 aliphatic heterocycles. The minimum Gasteiger partial charge on any atom is -0.383 e. The summed E-state index contributed by atoms with van der Waals surface area (Å²) >= 11 is 0. The molecule has 1 aromatic heterocycles. The van der Waals surface area contributed by atoms with Gasteiger partial charge in [0.1, 0.15) is 6.04 Å². The average Bonchev–Trinajstić information content (AvgIpc) is 3.25. The van der Waals surface area contributed by atoms with Crippen molar-refractivity contribution in [1.82, 2.24) is 15.8 Å². The van der Waals surface area contributed by atoms with Gasteiger partial charge in [-0.25, -0.2) is 0 Å². The molecule has 0 spiro atoms. The molecule has 3 rings (SSSR count). The second kappa shape index (κ2) is 10.4. The summed E-state index contributed by atoms with van der Waals surface area (Å²) in [5.41, 5.74) is 3.00. The fraction of sp³-hybridized carbons (Fsp3) is 0.261. The normalized spacial score (nSPS) is 11.7. The summed E-state index contributed by atoms with van der Waals surface area (Å²) in [6.07, 6.45) is 0.355. The maximum absolute atomic E-state index is 12.7. The van der Waals surface area contributed by atoms with Crippen molar-refractivity contribution in [2.24, 2.45) is 0 Å². The summed E-state index contributed by atoms with van der Waals surface area (Å²) in [5.74, 6) is -0.268. The predicted molar refractivity (Wildman–Crippen MR) is 113 cm³/mol. The molecule has 1 atom stereocenters. The molecule has 156 valence electrons. The van der Waals surface area contributed by atoms with E-state index in [1.807, 2.05) is 61.5 Å². The van der Waals surface area contributed by atoms with Gasteiger partial charge in [-0.15, -0.1) is 0 Å². The maximum atomic E-state index is 12.7. The predicted octanol–water partition coefficient (Wildman–Crippen LogP) is 2.75. The zero-order chi connectivity index (χ0) is 21.3. The number of amides is 2. The Balaban J connectivity index is 1.72. The Morgan fingerprint density at radius 1 is 1.10 bits per heavy atom. The first-order valence-corrected chi connectivity index (χ1v) is 9.72. The van der Waals surface area contributed by atoms with Crippen molar-refractivity contribution in [3.05, 3.63) is 77.5 Å². The first kappa shape index (κ1) is 21.3. The van der Waals surface area contributed by atoms with E-state index in [-0.39, 0.29) is 11.6 Å². The number of rotatable bonds is 9. The average molecular weight is 407 g/mol. The van der Waals surface area contributed by atoms with E-state index >= 15 is 0 Å². The third-order valence-electron chi connectivity index (χ3n) is 4.59. The quantitative estimate of drug-likeness (QED) is 0.532. The van der Waals surface area contributed by atoms with Gasteiger partial charge in [0.2, 0.25) is 5.91 Å². The number of ether oxygens (including phenoxy) is 1. The number of carbonyl (C=O) groups excluding carboxylic acids is 2. The van der Waals surface area contributed by atoms with Gasteiger partial charge in [-0.1, -0.05) is 65.3 Å². The van der Waals surface area contributed by atoms with Gasteiger partial charge in [0, 0.05) is 31.7 Å². The van der Waals surface area contributed by atoms with Crippen LogP contribution in [0.3, 0.4) is 0 Å². The van der Waals surface area contributed by atoms with Crippen molar-refractivity contribution in [2.75, 3.05) is 20.3 Å². The largest absolute Gasteiger partial charge is 0.383 e. The minimum absolute atomic E-state index is 0.119. The number of nitrogens with one attached hydrogen (secondary N) is 2. The van der Waals surface area contributed by atoms with Crippen LogP contribution in [0.15, 0.2) is 65.2 Å². The third-order valence-corrected chi connectivity index (χ3v) is 4.59. The molecule has 1 heterocycles. The summed E-state index contributed by atoms with van der Waals surface area (Å²) in [6, 6.07) is 18.0. The summed E-state index contributed by atoms with van der Waals surface area (Å²) in [6.45, 7) is 2.74. The number of hydrogen-bond acceptors (Lipinski definition) is 5. The molecule has 0 saturated carbocycles. The molecule has 0 unspecified atom stereocenters. The monoisotopic (exact) mass is 407 g/mol. The van der Waals surface area contributed by atoms with Gasteiger partial charge in [0.15, 0.2) is 11.5 Å². The van der Waals surface area contributed by atoms with Crippen molar-refractivity contribution in [2.45, 2.75) is 19.4 Å². The molecule has 7 nitrogen and oxygen atoms in total. The SMILES string of the molecule is COCCNC(=O)[C@@H](Cc1ccccc1)NC(=O)c1cc(-c2ccc(C)cc2)on1. The molecule has 2 N–H and O–H groups in total. The minimum atomic E-state index is -0.753. The second-order valence-electron chi connectivity index (χ2n) is 6.94. The summed E-state index contributed by atoms with van der Waals surface area (Å²) in [5, 5.41) is 9.41. The van der Waals surface area contributed by atoms with E-state index in [9.17, 15) is 9.59 Å². The van der Waals surface area contributed by atoms with Crippen LogP contribution < -0.4 is 10.6 Å². The molecule has 2 aromatic carbocycles. The van der Waals surface area contributed by atoms with Gasteiger partial charge in [0.05, 0.1) is 6.61 Å². The van der Waals surface area contributed by atoms with Crippen LogP contribution >= 0.6 is 0 Å². The van der Waals surface area contributed by atoms with E-state index in [1.54, 1.807) is 13.2 Å². The van der Waals surface area contributed by atoms with Crippen LogP contribution in [0.4, 0.5) is 0 Å². The molecular weight excluding hydrogens is 382 g/mol. The fourth-order valence-electron chi connectivity index (χ4n) is 2.93. The highest BCUT2D eigenvalue weighted by molar-refractivity contribution is 5.96. The molecule has 2 amide bonds. The topological polar surface area (TPSA) is 93.5 Å². The van der Waals surface area contributed by atoms with E-state index in [0.717, 1.165) is 16.7 Å². The van der Waals surface area contributed by atoms with Crippen LogP contribution in [0.1, 0.15) is 21.6 Å². The molecule has 0 aliphatic rings. The molecular formula is C23H25N3O4. The van der Waals surface area contributed by atoms with Gasteiger partial charge < -0.3 is 19.9 Å². The van der Waals surface area contributed by atoms with Crippen LogP contribution in [-0.2, 0) is 16.0 Å². The zero-order valence-corrected chi connectivity index (χ0v) is 17.1. The first-order valence-electron chi connectivity index (χ1n) is 9.72. The third kappa shape index (κ3) is 5.78. The van der Waals surface area contributed by atoms with E-state index < -0.39 is 11.9 Å². The summed E-state index contributed by atoms with van der Waals surface area (Å²) in [4.78, 5) is 25.4. The van der Waals surface area contributed by atoms with E-state index in [0.29, 0.717) is 25.3 Å². The second-order valence-corrected chi connectivity index (χ2v) is 6.94. The standard InChI is InChI=1S/C23H25N3O4/c1-16-8-10-18(11-9-16)21-15-20(26-30-21)23(28)25-19(22(27)24-12-13-29-2)14-17-6-4-3-5-7-17/h3-11,15,19H,12-14H2,1-2H3,(H,24,27)(H,25,28)/t19-/m1/s1. The lowest BCUT2D eigenvalue weighted by molar-refractivity contribution is -0.123. The summed E-state index contributed by atoms with van der Waals surface area (Å²) < 4.78 is 10.3. The maximum Gasteiger partial charge on any atom is 0.274 e. The molecule has 30 heavy (non-hydrogen) atoms. The highest BCUT2D eigenvalue weighted by Gasteiger charge is 2.23. The van der Waals surface area contributed by atoms with Gasteiger partial charge in [0.25, 0.3) is 5.91 Å². The lowest BCUT2D eigenvalue weighted by atomic mass is 10.0. The molecule has 3 aromatic rings. The Morgan fingerprint density at radius 3 is 2.53 bits per heavy atom. The lowest BCUT2D eigenvalue weighted by Gasteiger charge is -2.18. The van der Waals surface area contributed by atoms with Crippen molar-refractivity contribution in [3.63, 3.8) is 0 Å². The van der Waals surface area contributed by atoms with E-state index in [2.05, 4.69) is 15.8 Å². The Bertz CT molecular complexity index is 968. The van der Waals surface area contributed by atoms with Crippen molar-refractivity contribution >= 4 is 11.8 Å².